The molecule has 1 rings (SSSR count). The van der Waals surface area contributed by atoms with E-state index in [1.165, 1.54) is 5.56 Å². The van der Waals surface area contributed by atoms with Crippen LogP contribution in [0.4, 0.5) is 5.69 Å². The number of hydrogen-bond acceptors (Lipinski definition) is 2. The van der Waals surface area contributed by atoms with Gasteiger partial charge in [0.2, 0.25) is 0 Å². The normalized spacial score (nSPS) is 9.73. The Morgan fingerprint density at radius 1 is 1.55 bits per heavy atom. The lowest BCUT2D eigenvalue weighted by Gasteiger charge is -2.06. The van der Waals surface area contributed by atoms with Gasteiger partial charge >= 0.3 is 0 Å². The minimum absolute atomic E-state index is 0.704. The van der Waals surface area contributed by atoms with Crippen molar-refractivity contribution in [1.82, 2.24) is 0 Å². The van der Waals surface area contributed by atoms with Gasteiger partial charge in [-0.3, -0.25) is 5.84 Å². The van der Waals surface area contributed by atoms with Crippen molar-refractivity contribution in [2.45, 2.75) is 13.3 Å². The first-order valence-electron chi connectivity index (χ1n) is 3.53. The van der Waals surface area contributed by atoms with Crippen LogP contribution in [-0.4, -0.2) is 0 Å². The fourth-order valence-corrected chi connectivity index (χ4v) is 1.16. The van der Waals surface area contributed by atoms with E-state index >= 15 is 0 Å². The summed E-state index contributed by atoms with van der Waals surface area (Å²) in [6.07, 6.45) is 0.955. The second-order valence-electron chi connectivity index (χ2n) is 2.30. The van der Waals surface area contributed by atoms with Crippen LogP contribution in [0.2, 0.25) is 5.02 Å². The zero-order valence-corrected chi connectivity index (χ0v) is 7.15. The number of aryl methyl sites for hydroxylation is 1. The molecule has 11 heavy (non-hydrogen) atoms. The summed E-state index contributed by atoms with van der Waals surface area (Å²) in [4.78, 5) is 0. The SMILES string of the molecule is CCc1ccc(Cl)cc1NN. The molecule has 0 aromatic heterocycles. The number of nitrogen functional groups attached to an aromatic ring is 1. The van der Waals surface area contributed by atoms with Gasteiger partial charge in [-0.2, -0.15) is 0 Å². The predicted octanol–water partition coefficient (Wildman–Crippen LogP) is 2.19. The van der Waals surface area contributed by atoms with Crippen molar-refractivity contribution in [3.63, 3.8) is 0 Å². The molecule has 60 valence electrons. The smallest absolute Gasteiger partial charge is 0.0531 e. The van der Waals surface area contributed by atoms with E-state index in [0.29, 0.717) is 5.02 Å². The summed E-state index contributed by atoms with van der Waals surface area (Å²) in [7, 11) is 0. The number of rotatable bonds is 2. The zero-order chi connectivity index (χ0) is 8.27. The molecule has 3 heteroatoms. The number of nitrogens with one attached hydrogen (secondary N) is 1. The zero-order valence-electron chi connectivity index (χ0n) is 6.39. The molecular weight excluding hydrogens is 160 g/mol. The molecule has 0 unspecified atom stereocenters. The van der Waals surface area contributed by atoms with Gasteiger partial charge in [-0.05, 0) is 24.1 Å². The highest BCUT2D eigenvalue weighted by Crippen LogP contribution is 2.20. The molecule has 0 spiro atoms. The van der Waals surface area contributed by atoms with Crippen molar-refractivity contribution >= 4 is 17.3 Å². The van der Waals surface area contributed by atoms with Crippen LogP contribution in [0.1, 0.15) is 12.5 Å². The standard InChI is InChI=1S/C8H11ClN2/c1-2-6-3-4-7(9)5-8(6)11-10/h3-5,11H,2,10H2,1H3. The van der Waals surface area contributed by atoms with Gasteiger partial charge in [0.05, 0.1) is 5.69 Å². The second-order valence-corrected chi connectivity index (χ2v) is 2.74. The Kier molecular flexibility index (Phi) is 2.74. The molecule has 0 fully saturated rings. The Bertz CT molecular complexity index is 248. The van der Waals surface area contributed by atoms with Crippen LogP contribution in [0, 0.1) is 0 Å². The number of anilines is 1. The first-order chi connectivity index (χ1) is 5.27. The van der Waals surface area contributed by atoms with E-state index in [0.717, 1.165) is 12.1 Å². The molecule has 0 saturated carbocycles. The van der Waals surface area contributed by atoms with E-state index in [9.17, 15) is 0 Å². The third-order valence-electron chi connectivity index (χ3n) is 1.61. The van der Waals surface area contributed by atoms with E-state index in [4.69, 9.17) is 17.4 Å². The van der Waals surface area contributed by atoms with E-state index in [-0.39, 0.29) is 0 Å². The van der Waals surface area contributed by atoms with Gasteiger partial charge in [0, 0.05) is 5.02 Å². The van der Waals surface area contributed by atoms with Gasteiger partial charge in [-0.25, -0.2) is 0 Å². The van der Waals surface area contributed by atoms with E-state index in [2.05, 4.69) is 12.3 Å². The van der Waals surface area contributed by atoms with Crippen molar-refractivity contribution < 1.29 is 0 Å². The van der Waals surface area contributed by atoms with E-state index in [1.54, 1.807) is 0 Å². The summed E-state index contributed by atoms with van der Waals surface area (Å²) < 4.78 is 0. The Balaban J connectivity index is 3.06. The number of nitrogens with two attached hydrogens (primary N) is 1. The van der Waals surface area contributed by atoms with Crippen molar-refractivity contribution in [3.8, 4) is 0 Å². The van der Waals surface area contributed by atoms with Crippen LogP contribution in [0.15, 0.2) is 18.2 Å². The summed E-state index contributed by atoms with van der Waals surface area (Å²) in [5.74, 6) is 5.29. The van der Waals surface area contributed by atoms with Crippen LogP contribution in [0.5, 0.6) is 0 Å². The van der Waals surface area contributed by atoms with E-state index < -0.39 is 0 Å². The largest absolute Gasteiger partial charge is 0.324 e. The van der Waals surface area contributed by atoms with Crippen LogP contribution < -0.4 is 11.3 Å². The molecule has 0 saturated heterocycles. The maximum absolute atomic E-state index is 5.76. The third kappa shape index (κ3) is 1.85. The summed E-state index contributed by atoms with van der Waals surface area (Å²) in [5.41, 5.74) is 4.68. The quantitative estimate of drug-likeness (QED) is 0.528. The molecule has 0 aliphatic heterocycles. The fourth-order valence-electron chi connectivity index (χ4n) is 0.991. The Morgan fingerprint density at radius 2 is 2.27 bits per heavy atom. The molecule has 0 atom stereocenters. The van der Waals surface area contributed by atoms with Gasteiger partial charge in [-0.1, -0.05) is 24.6 Å². The lowest BCUT2D eigenvalue weighted by molar-refractivity contribution is 1.13. The van der Waals surface area contributed by atoms with Gasteiger partial charge in [0.1, 0.15) is 0 Å². The van der Waals surface area contributed by atoms with Gasteiger partial charge in [0.15, 0.2) is 0 Å². The number of hydrazine groups is 1. The highest BCUT2D eigenvalue weighted by molar-refractivity contribution is 6.30. The maximum atomic E-state index is 5.76. The molecule has 0 aliphatic carbocycles. The van der Waals surface area contributed by atoms with Gasteiger partial charge < -0.3 is 5.43 Å². The summed E-state index contributed by atoms with van der Waals surface area (Å²) in [6, 6.07) is 5.65. The molecule has 1 aromatic rings. The molecule has 0 amide bonds. The monoisotopic (exact) mass is 170 g/mol. The summed E-state index contributed by atoms with van der Waals surface area (Å²) >= 11 is 5.76. The number of benzene rings is 1. The first kappa shape index (κ1) is 8.37. The highest BCUT2D eigenvalue weighted by atomic mass is 35.5. The minimum Gasteiger partial charge on any atom is -0.324 e. The van der Waals surface area contributed by atoms with Crippen LogP contribution >= 0.6 is 11.6 Å². The number of halogens is 1. The second kappa shape index (κ2) is 3.60. The maximum Gasteiger partial charge on any atom is 0.0531 e. The average molecular weight is 171 g/mol. The van der Waals surface area contributed by atoms with Crippen LogP contribution in [0.3, 0.4) is 0 Å². The molecular formula is C8H11ClN2. The van der Waals surface area contributed by atoms with E-state index in [1.807, 2.05) is 18.2 Å². The Labute approximate surface area is 71.3 Å². The lowest BCUT2D eigenvalue weighted by Crippen LogP contribution is -2.08. The molecule has 2 nitrogen and oxygen atoms in total. The van der Waals surface area contributed by atoms with Crippen LogP contribution in [0.25, 0.3) is 0 Å². The highest BCUT2D eigenvalue weighted by Gasteiger charge is 1.98. The molecule has 0 aliphatic rings. The minimum atomic E-state index is 0.704. The fraction of sp³-hybridized carbons (Fsp3) is 0.250. The van der Waals surface area contributed by atoms with Crippen molar-refractivity contribution in [2.75, 3.05) is 5.43 Å². The topological polar surface area (TPSA) is 38.0 Å². The molecule has 1 aromatic carbocycles. The van der Waals surface area contributed by atoms with Crippen molar-refractivity contribution in [2.24, 2.45) is 5.84 Å². The molecule has 3 N–H and O–H groups in total. The van der Waals surface area contributed by atoms with Gasteiger partial charge in [0.25, 0.3) is 0 Å². The van der Waals surface area contributed by atoms with Gasteiger partial charge in [-0.15, -0.1) is 0 Å². The first-order valence-corrected chi connectivity index (χ1v) is 3.90. The lowest BCUT2D eigenvalue weighted by atomic mass is 10.1. The molecule has 0 radical (unpaired) electrons. The average Bonchev–Trinajstić information content (AvgIpc) is 2.04. The Hall–Kier alpha value is -0.730. The van der Waals surface area contributed by atoms with Crippen LogP contribution in [-0.2, 0) is 6.42 Å². The Morgan fingerprint density at radius 3 is 2.82 bits per heavy atom. The van der Waals surface area contributed by atoms with Crippen molar-refractivity contribution in [1.29, 1.82) is 0 Å². The molecule has 0 heterocycles. The van der Waals surface area contributed by atoms with Crippen molar-refractivity contribution in [3.05, 3.63) is 28.8 Å². The predicted molar refractivity (Wildman–Crippen MR) is 48.6 cm³/mol. The molecule has 0 bridgehead atoms. The number of hydrogen-bond donors (Lipinski definition) is 2. The summed E-state index contributed by atoms with van der Waals surface area (Å²) in [6.45, 7) is 2.07. The summed E-state index contributed by atoms with van der Waals surface area (Å²) in [5, 5.41) is 0.704. The third-order valence-corrected chi connectivity index (χ3v) is 1.84.